The highest BCUT2D eigenvalue weighted by molar-refractivity contribution is 8.26. The number of carbonyl (C=O) groups is 1. The van der Waals surface area contributed by atoms with Crippen LogP contribution in [0.1, 0.15) is 50.5 Å². The Morgan fingerprint density at radius 3 is 2.70 bits per heavy atom. The third-order valence-electron chi connectivity index (χ3n) is 5.73. The second kappa shape index (κ2) is 9.68. The minimum atomic E-state index is -3.72. The molecule has 3 aliphatic rings. The summed E-state index contributed by atoms with van der Waals surface area (Å²) in [5.74, 6) is 0.394. The van der Waals surface area contributed by atoms with E-state index in [1.54, 1.807) is 6.07 Å². The fourth-order valence-electron chi connectivity index (χ4n) is 4.11. The molecule has 4 rings (SSSR count). The molecule has 1 fully saturated rings. The lowest BCUT2D eigenvalue weighted by atomic mass is 9.86. The molecule has 9 nitrogen and oxygen atoms in total. The first-order valence-electron chi connectivity index (χ1n) is 10.8. The van der Waals surface area contributed by atoms with Crippen LogP contribution in [0.2, 0.25) is 0 Å². The number of nitrogens with one attached hydrogen (secondary N) is 1. The minimum Gasteiger partial charge on any atom is -0.493 e. The van der Waals surface area contributed by atoms with E-state index in [-0.39, 0.29) is 22.9 Å². The predicted octanol–water partition coefficient (Wildman–Crippen LogP) is 4.01. The van der Waals surface area contributed by atoms with E-state index in [4.69, 9.17) is 14.3 Å². The van der Waals surface area contributed by atoms with Crippen LogP contribution >= 0.6 is 11.8 Å². The van der Waals surface area contributed by atoms with Crippen molar-refractivity contribution in [2.45, 2.75) is 44.9 Å². The third-order valence-corrected chi connectivity index (χ3v) is 7.18. The number of aliphatic imine (C=N–C) groups is 1. The van der Waals surface area contributed by atoms with Crippen molar-refractivity contribution >= 4 is 49.9 Å². The van der Waals surface area contributed by atoms with Gasteiger partial charge in [0.1, 0.15) is 5.04 Å². The Balaban J connectivity index is 1.51. The van der Waals surface area contributed by atoms with Crippen LogP contribution in [0.25, 0.3) is 6.08 Å². The summed E-state index contributed by atoms with van der Waals surface area (Å²) < 4.78 is 33.0. The zero-order valence-electron chi connectivity index (χ0n) is 18.5. The van der Waals surface area contributed by atoms with Crippen molar-refractivity contribution in [3.8, 4) is 11.5 Å². The number of amides is 1. The first-order valence-corrected chi connectivity index (χ1v) is 13.4. The van der Waals surface area contributed by atoms with Crippen molar-refractivity contribution in [3.63, 3.8) is 0 Å². The van der Waals surface area contributed by atoms with Crippen LogP contribution in [0.4, 0.5) is 0 Å². The van der Waals surface area contributed by atoms with Gasteiger partial charge >= 0.3 is 10.1 Å². The average Bonchev–Trinajstić information content (AvgIpc) is 3.19. The Kier molecular flexibility index (Phi) is 6.89. The van der Waals surface area contributed by atoms with Gasteiger partial charge in [0, 0.05) is 0 Å². The van der Waals surface area contributed by atoms with E-state index in [0.29, 0.717) is 10.7 Å². The topological polar surface area (TPSA) is 121 Å². The van der Waals surface area contributed by atoms with Crippen LogP contribution in [-0.2, 0) is 14.9 Å². The predicted molar refractivity (Wildman–Crippen MR) is 129 cm³/mol. The molecule has 0 saturated heterocycles. The Morgan fingerprint density at radius 1 is 1.24 bits per heavy atom. The number of carbonyl (C=O) groups excluding carboxylic acids is 1. The van der Waals surface area contributed by atoms with Crippen molar-refractivity contribution in [1.82, 2.24) is 5.01 Å². The lowest BCUT2D eigenvalue weighted by molar-refractivity contribution is -0.114. The average molecular weight is 491 g/mol. The Morgan fingerprint density at radius 2 is 2.00 bits per heavy atom. The molecule has 0 atom stereocenters. The van der Waals surface area contributed by atoms with Gasteiger partial charge in [-0.25, -0.2) is 0 Å². The van der Waals surface area contributed by atoms with Gasteiger partial charge in [-0.3, -0.25) is 10.2 Å². The first-order chi connectivity index (χ1) is 15.7. The van der Waals surface area contributed by atoms with Gasteiger partial charge in [-0.2, -0.15) is 23.5 Å². The molecule has 1 saturated carbocycles. The number of nitrogens with zero attached hydrogens (tertiary/aromatic N) is 3. The highest BCUT2D eigenvalue weighted by Crippen LogP contribution is 2.34. The number of amidine groups is 2. The molecule has 33 heavy (non-hydrogen) atoms. The molecule has 0 spiro atoms. The van der Waals surface area contributed by atoms with Crippen LogP contribution in [0.15, 0.2) is 33.9 Å². The maximum Gasteiger partial charge on any atom is 0.306 e. The maximum atomic E-state index is 12.6. The summed E-state index contributed by atoms with van der Waals surface area (Å²) in [6, 6.07) is 4.55. The summed E-state index contributed by atoms with van der Waals surface area (Å²) in [6.07, 6.45) is 10.8. The standard InChI is InChI=1S/C22H26N4O5S2/c1-30-18-13-15(8-10-17(18)31-33(2,28)29)12-16-20(23)26-22(24-21(16)27)32-19(25-26)11-9-14-6-4-3-5-7-14/h8,10,12-14,23H,3-7,9,11H2,1-2H3/b16-12+,23-20?. The molecule has 2 heterocycles. The van der Waals surface area contributed by atoms with E-state index >= 15 is 0 Å². The maximum absolute atomic E-state index is 12.6. The molecule has 1 amide bonds. The van der Waals surface area contributed by atoms with Crippen molar-refractivity contribution in [1.29, 1.82) is 5.41 Å². The third kappa shape index (κ3) is 5.64. The summed E-state index contributed by atoms with van der Waals surface area (Å²) in [7, 11) is -2.33. The van der Waals surface area contributed by atoms with Gasteiger partial charge in [0.05, 0.1) is 18.9 Å². The number of hydrogen-bond donors (Lipinski definition) is 1. The van der Waals surface area contributed by atoms with Crippen molar-refractivity contribution in [2.24, 2.45) is 16.0 Å². The van der Waals surface area contributed by atoms with Crippen molar-refractivity contribution in [3.05, 3.63) is 29.3 Å². The monoisotopic (exact) mass is 490 g/mol. The number of thioether (sulfide) groups is 1. The number of rotatable bonds is 7. The summed E-state index contributed by atoms with van der Waals surface area (Å²) in [6.45, 7) is 0. The van der Waals surface area contributed by atoms with E-state index in [2.05, 4.69) is 10.1 Å². The normalized spacial score (nSPS) is 20.5. The molecule has 0 radical (unpaired) electrons. The van der Waals surface area contributed by atoms with Crippen LogP contribution < -0.4 is 8.92 Å². The molecule has 0 bridgehead atoms. The first kappa shape index (κ1) is 23.5. The largest absolute Gasteiger partial charge is 0.493 e. The second-order valence-electron chi connectivity index (χ2n) is 8.25. The highest BCUT2D eigenvalue weighted by atomic mass is 32.2. The lowest BCUT2D eigenvalue weighted by Crippen LogP contribution is -2.35. The van der Waals surface area contributed by atoms with Gasteiger partial charge in [0.2, 0.25) is 5.17 Å². The molecule has 11 heteroatoms. The molecule has 1 N–H and O–H groups in total. The summed E-state index contributed by atoms with van der Waals surface area (Å²) in [5.41, 5.74) is 0.628. The second-order valence-corrected chi connectivity index (χ2v) is 10.9. The number of ether oxygens (including phenoxy) is 1. The molecule has 1 aromatic rings. The van der Waals surface area contributed by atoms with Gasteiger partial charge in [0.25, 0.3) is 5.91 Å². The number of benzene rings is 1. The van der Waals surface area contributed by atoms with Crippen molar-refractivity contribution < 1.29 is 22.1 Å². The zero-order chi connectivity index (χ0) is 23.6. The number of hydrogen-bond acceptors (Lipinski definition) is 8. The molecule has 0 aromatic heterocycles. The summed E-state index contributed by atoms with van der Waals surface area (Å²) in [4.78, 5) is 16.8. The van der Waals surface area contributed by atoms with E-state index in [0.717, 1.165) is 30.1 Å². The fourth-order valence-corrected chi connectivity index (χ4v) is 5.47. The SMILES string of the molecule is COc1cc(/C=C2\C(=N)N3N=C(CCC4CCCCC4)SC3=NC2=O)ccc1OS(C)(=O)=O. The zero-order valence-corrected chi connectivity index (χ0v) is 20.2. The molecular weight excluding hydrogens is 464 g/mol. The molecule has 1 aromatic carbocycles. The van der Waals surface area contributed by atoms with Crippen LogP contribution in [0, 0.1) is 11.3 Å². The Hall–Kier alpha value is -2.66. The van der Waals surface area contributed by atoms with Gasteiger partial charge < -0.3 is 8.92 Å². The molecule has 1 aliphatic carbocycles. The molecule has 176 valence electrons. The Labute approximate surface area is 197 Å². The fraction of sp³-hybridized carbons (Fsp3) is 0.455. The number of fused-ring (bicyclic) bond motifs is 1. The Bertz CT molecular complexity index is 1170. The lowest BCUT2D eigenvalue weighted by Gasteiger charge is -2.20. The van der Waals surface area contributed by atoms with E-state index in [1.165, 1.54) is 74.2 Å². The van der Waals surface area contributed by atoms with Crippen molar-refractivity contribution in [2.75, 3.05) is 13.4 Å². The van der Waals surface area contributed by atoms with Crippen LogP contribution in [0.3, 0.4) is 0 Å². The minimum absolute atomic E-state index is 0.0376. The summed E-state index contributed by atoms with van der Waals surface area (Å²) in [5, 5.41) is 15.8. The van der Waals surface area contributed by atoms with E-state index in [9.17, 15) is 13.2 Å². The number of hydrazone groups is 1. The van der Waals surface area contributed by atoms with Gasteiger partial charge in [-0.1, -0.05) is 38.2 Å². The van der Waals surface area contributed by atoms with E-state index in [1.807, 2.05) is 0 Å². The molecular formula is C22H26N4O5S2. The van der Waals surface area contributed by atoms with Gasteiger partial charge in [-0.05, 0) is 54.3 Å². The van der Waals surface area contributed by atoms with Crippen LogP contribution in [0.5, 0.6) is 11.5 Å². The quantitative estimate of drug-likeness (QED) is 0.453. The number of methoxy groups -OCH3 is 1. The van der Waals surface area contributed by atoms with Gasteiger partial charge in [-0.15, -0.1) is 0 Å². The van der Waals surface area contributed by atoms with E-state index < -0.39 is 16.0 Å². The molecule has 0 unspecified atom stereocenters. The smallest absolute Gasteiger partial charge is 0.306 e. The summed E-state index contributed by atoms with van der Waals surface area (Å²) >= 11 is 1.36. The highest BCUT2D eigenvalue weighted by Gasteiger charge is 2.35. The van der Waals surface area contributed by atoms with Gasteiger partial charge in [0.15, 0.2) is 17.3 Å². The molecule has 2 aliphatic heterocycles. The van der Waals surface area contributed by atoms with Crippen LogP contribution in [-0.4, -0.2) is 48.7 Å².